The maximum atomic E-state index is 6.36. The molecule has 4 nitrogen and oxygen atoms in total. The van der Waals surface area contributed by atoms with E-state index in [-0.39, 0.29) is 11.6 Å². The van der Waals surface area contributed by atoms with Gasteiger partial charge in [0.25, 0.3) is 0 Å². The number of fused-ring (bicyclic) bond motifs is 1. The van der Waals surface area contributed by atoms with Gasteiger partial charge in [0.2, 0.25) is 0 Å². The molecule has 0 unspecified atom stereocenters. The number of guanidine groups is 1. The molecule has 1 aliphatic heterocycles. The molecule has 0 bridgehead atoms. The highest BCUT2D eigenvalue weighted by Gasteiger charge is 2.43. The van der Waals surface area contributed by atoms with Crippen LogP contribution in [0.5, 0.6) is 5.75 Å². The van der Waals surface area contributed by atoms with Gasteiger partial charge >= 0.3 is 0 Å². The van der Waals surface area contributed by atoms with Gasteiger partial charge in [-0.3, -0.25) is 4.99 Å². The van der Waals surface area contributed by atoms with Crippen LogP contribution in [0.1, 0.15) is 43.7 Å². The summed E-state index contributed by atoms with van der Waals surface area (Å²) in [6.45, 7) is 0. The summed E-state index contributed by atoms with van der Waals surface area (Å²) in [5.74, 6) is 1.87. The van der Waals surface area contributed by atoms with Crippen molar-refractivity contribution in [3.05, 3.63) is 29.8 Å². The molecule has 0 amide bonds. The highest BCUT2D eigenvalue weighted by atomic mass is 16.5. The minimum absolute atomic E-state index is 0.0264. The Bertz CT molecular complexity index is 506. The molecule has 2 N–H and O–H groups in total. The van der Waals surface area contributed by atoms with Gasteiger partial charge in [-0.05, 0) is 31.7 Å². The van der Waals surface area contributed by atoms with Crippen LogP contribution in [0, 0.1) is 0 Å². The van der Waals surface area contributed by atoms with E-state index in [0.29, 0.717) is 0 Å². The third-order valence-corrected chi connectivity index (χ3v) is 4.48. The molecule has 3 rings (SSSR count). The van der Waals surface area contributed by atoms with Crippen molar-refractivity contribution < 1.29 is 4.74 Å². The molecule has 0 aromatic heterocycles. The monoisotopic (exact) mass is 273 g/mol. The number of ether oxygens (including phenoxy) is 1. The van der Waals surface area contributed by atoms with Gasteiger partial charge in [0, 0.05) is 26.1 Å². The zero-order valence-electron chi connectivity index (χ0n) is 12.3. The van der Waals surface area contributed by atoms with Crippen molar-refractivity contribution in [2.24, 2.45) is 4.99 Å². The van der Waals surface area contributed by atoms with Crippen molar-refractivity contribution in [3.63, 3.8) is 0 Å². The molecule has 2 aliphatic rings. The fraction of sp³-hybridized carbons (Fsp3) is 0.562. The van der Waals surface area contributed by atoms with Crippen LogP contribution < -0.4 is 15.4 Å². The lowest BCUT2D eigenvalue weighted by molar-refractivity contribution is 0.0396. The number of aliphatic imine (C=N–C) groups is 1. The predicted octanol–water partition coefficient (Wildman–Crippen LogP) is 2.62. The molecular formula is C16H23N3O. The van der Waals surface area contributed by atoms with Crippen LogP contribution in [0.2, 0.25) is 0 Å². The van der Waals surface area contributed by atoms with Crippen LogP contribution in [-0.2, 0) is 0 Å². The second-order valence-corrected chi connectivity index (χ2v) is 5.75. The number of para-hydroxylation sites is 1. The number of benzene rings is 1. The molecule has 0 saturated heterocycles. The van der Waals surface area contributed by atoms with Crippen molar-refractivity contribution in [1.82, 2.24) is 10.6 Å². The molecule has 1 aromatic carbocycles. The van der Waals surface area contributed by atoms with Gasteiger partial charge in [-0.2, -0.15) is 0 Å². The van der Waals surface area contributed by atoms with Crippen LogP contribution in [-0.4, -0.2) is 25.7 Å². The SMILES string of the molecule is CN=C(NC)N[C@H]1CC2(CCCC2)Oc2ccccc21. The summed E-state index contributed by atoms with van der Waals surface area (Å²) in [4.78, 5) is 4.24. The fourth-order valence-electron chi connectivity index (χ4n) is 3.49. The van der Waals surface area contributed by atoms with Crippen LogP contribution in [0.3, 0.4) is 0 Å². The number of nitrogens with one attached hydrogen (secondary N) is 2. The van der Waals surface area contributed by atoms with Gasteiger partial charge < -0.3 is 15.4 Å². The van der Waals surface area contributed by atoms with E-state index in [0.717, 1.165) is 31.0 Å². The van der Waals surface area contributed by atoms with Gasteiger partial charge in [0.05, 0.1) is 6.04 Å². The first kappa shape index (κ1) is 13.3. The van der Waals surface area contributed by atoms with Gasteiger partial charge in [0.15, 0.2) is 5.96 Å². The second kappa shape index (κ2) is 5.35. The van der Waals surface area contributed by atoms with Gasteiger partial charge in [-0.1, -0.05) is 18.2 Å². The lowest BCUT2D eigenvalue weighted by Gasteiger charge is -2.40. The van der Waals surface area contributed by atoms with Crippen LogP contribution in [0.15, 0.2) is 29.3 Å². The van der Waals surface area contributed by atoms with Crippen LogP contribution in [0.4, 0.5) is 0 Å². The normalized spacial score (nSPS) is 24.1. The van der Waals surface area contributed by atoms with E-state index >= 15 is 0 Å². The Labute approximate surface area is 120 Å². The Morgan fingerprint density at radius 2 is 2.05 bits per heavy atom. The molecule has 4 heteroatoms. The van der Waals surface area contributed by atoms with Gasteiger partial charge in [-0.15, -0.1) is 0 Å². The van der Waals surface area contributed by atoms with Crippen LogP contribution in [0.25, 0.3) is 0 Å². The average Bonchev–Trinajstić information content (AvgIpc) is 2.92. The van der Waals surface area contributed by atoms with E-state index in [1.807, 2.05) is 7.05 Å². The lowest BCUT2D eigenvalue weighted by atomic mass is 9.86. The topological polar surface area (TPSA) is 45.7 Å². The Hall–Kier alpha value is -1.71. The summed E-state index contributed by atoms with van der Waals surface area (Å²) in [7, 11) is 3.70. The van der Waals surface area contributed by atoms with Crippen molar-refractivity contribution >= 4 is 5.96 Å². The Kier molecular flexibility index (Phi) is 3.55. The highest BCUT2D eigenvalue weighted by Crippen LogP contribution is 2.46. The largest absolute Gasteiger partial charge is 0.487 e. The molecule has 1 saturated carbocycles. The van der Waals surface area contributed by atoms with Gasteiger partial charge in [0.1, 0.15) is 11.4 Å². The first-order valence-corrected chi connectivity index (χ1v) is 7.45. The molecule has 1 heterocycles. The number of hydrogen-bond acceptors (Lipinski definition) is 2. The van der Waals surface area contributed by atoms with E-state index in [2.05, 4.69) is 39.9 Å². The summed E-state index contributed by atoms with van der Waals surface area (Å²) < 4.78 is 6.36. The molecule has 1 atom stereocenters. The van der Waals surface area contributed by atoms with E-state index in [1.165, 1.54) is 18.4 Å². The standard InChI is InChI=1S/C16H23N3O/c1-17-15(18-2)19-13-11-16(9-5-6-10-16)20-14-8-4-3-7-12(13)14/h3-4,7-8,13H,5-6,9-11H2,1-2H3,(H2,17,18,19)/t13-/m0/s1. The molecular weight excluding hydrogens is 250 g/mol. The maximum absolute atomic E-state index is 6.36. The highest BCUT2D eigenvalue weighted by molar-refractivity contribution is 5.80. The second-order valence-electron chi connectivity index (χ2n) is 5.75. The van der Waals surface area contributed by atoms with E-state index in [4.69, 9.17) is 4.74 Å². The third kappa shape index (κ3) is 2.35. The molecule has 108 valence electrons. The number of nitrogens with zero attached hydrogens (tertiary/aromatic N) is 1. The van der Waals surface area contributed by atoms with Gasteiger partial charge in [-0.25, -0.2) is 0 Å². The molecule has 0 radical (unpaired) electrons. The van der Waals surface area contributed by atoms with Crippen molar-refractivity contribution in [3.8, 4) is 5.75 Å². The minimum atomic E-state index is 0.0264. The van der Waals surface area contributed by atoms with Crippen molar-refractivity contribution in [2.45, 2.75) is 43.7 Å². The van der Waals surface area contributed by atoms with Crippen LogP contribution >= 0.6 is 0 Å². The maximum Gasteiger partial charge on any atom is 0.191 e. The lowest BCUT2D eigenvalue weighted by Crippen LogP contribution is -2.45. The molecule has 20 heavy (non-hydrogen) atoms. The van der Waals surface area contributed by atoms with Crippen molar-refractivity contribution in [1.29, 1.82) is 0 Å². The minimum Gasteiger partial charge on any atom is -0.487 e. The van der Waals surface area contributed by atoms with E-state index in [1.54, 1.807) is 7.05 Å². The summed E-state index contributed by atoms with van der Waals surface area (Å²) in [6, 6.07) is 8.63. The number of rotatable bonds is 1. The van der Waals surface area contributed by atoms with E-state index in [9.17, 15) is 0 Å². The summed E-state index contributed by atoms with van der Waals surface area (Å²) >= 11 is 0. The Balaban J connectivity index is 1.91. The summed E-state index contributed by atoms with van der Waals surface area (Å²) in [5, 5.41) is 6.63. The first-order valence-electron chi connectivity index (χ1n) is 7.45. The Morgan fingerprint density at radius 3 is 2.75 bits per heavy atom. The van der Waals surface area contributed by atoms with E-state index < -0.39 is 0 Å². The zero-order valence-corrected chi connectivity index (χ0v) is 12.3. The fourth-order valence-corrected chi connectivity index (χ4v) is 3.49. The smallest absolute Gasteiger partial charge is 0.191 e. The number of hydrogen-bond donors (Lipinski definition) is 2. The predicted molar refractivity (Wildman–Crippen MR) is 81.2 cm³/mol. The molecule has 1 aliphatic carbocycles. The molecule has 1 aromatic rings. The summed E-state index contributed by atoms with van der Waals surface area (Å²) in [5.41, 5.74) is 1.26. The molecule has 1 fully saturated rings. The third-order valence-electron chi connectivity index (χ3n) is 4.48. The zero-order chi connectivity index (χ0) is 14.0. The summed E-state index contributed by atoms with van der Waals surface area (Å²) in [6.07, 6.45) is 5.89. The average molecular weight is 273 g/mol. The van der Waals surface area contributed by atoms with Crippen molar-refractivity contribution in [2.75, 3.05) is 14.1 Å². The quantitative estimate of drug-likeness (QED) is 0.611. The molecule has 1 spiro atoms. The first-order chi connectivity index (χ1) is 9.76. The Morgan fingerprint density at radius 1 is 1.30 bits per heavy atom.